The summed E-state index contributed by atoms with van der Waals surface area (Å²) in [6.07, 6.45) is 2.26. The van der Waals surface area contributed by atoms with Crippen molar-refractivity contribution in [2.45, 2.75) is 17.5 Å². The fourth-order valence-electron chi connectivity index (χ4n) is 3.09. The van der Waals surface area contributed by atoms with Crippen LogP contribution in [0.1, 0.15) is 23.6 Å². The molecule has 8 heteroatoms. The quantitative estimate of drug-likeness (QED) is 0.650. The van der Waals surface area contributed by atoms with E-state index in [1.165, 1.54) is 11.8 Å². The van der Waals surface area contributed by atoms with Crippen LogP contribution >= 0.6 is 11.8 Å². The van der Waals surface area contributed by atoms with Crippen LogP contribution in [0.4, 0.5) is 0 Å². The van der Waals surface area contributed by atoms with Crippen LogP contribution in [-0.4, -0.2) is 44.9 Å². The van der Waals surface area contributed by atoms with Gasteiger partial charge in [0.05, 0.1) is 30.8 Å². The number of methoxy groups -OCH3 is 1. The Labute approximate surface area is 166 Å². The Kier molecular flexibility index (Phi) is 5.38. The molecule has 28 heavy (non-hydrogen) atoms. The largest absolute Gasteiger partial charge is 0.497 e. The molecular formula is C20H19N5O2S. The standard InChI is InChI=1S/C20H19N5O2S/c1-27-16-9-7-15(8-10-16)18-11-17(14-5-3-2-4-6-14)23-25(18)20(26)13-28-19-12-21-24-22-19/h2-10,12,18H,11,13H2,1H3,(H,21,22,24)/t18-/m1/s1. The summed E-state index contributed by atoms with van der Waals surface area (Å²) in [6, 6.07) is 17.6. The lowest BCUT2D eigenvalue weighted by molar-refractivity contribution is -0.130. The monoisotopic (exact) mass is 393 g/mol. The zero-order valence-corrected chi connectivity index (χ0v) is 16.1. The van der Waals surface area contributed by atoms with Gasteiger partial charge in [-0.05, 0) is 23.3 Å². The van der Waals surface area contributed by atoms with Gasteiger partial charge in [0.2, 0.25) is 0 Å². The molecule has 1 aliphatic heterocycles. The van der Waals surface area contributed by atoms with Crippen LogP contribution in [0.25, 0.3) is 0 Å². The van der Waals surface area contributed by atoms with Gasteiger partial charge < -0.3 is 4.74 Å². The number of hydrogen-bond donors (Lipinski definition) is 1. The Hall–Kier alpha value is -3.13. The fraction of sp³-hybridized carbons (Fsp3) is 0.200. The maximum absolute atomic E-state index is 12.9. The number of aromatic amines is 1. The second kappa shape index (κ2) is 8.26. The van der Waals surface area contributed by atoms with Crippen molar-refractivity contribution in [2.75, 3.05) is 12.9 Å². The third-order valence-corrected chi connectivity index (χ3v) is 5.39. The number of hydrazone groups is 1. The third kappa shape index (κ3) is 3.91. The Morgan fingerprint density at radius 1 is 1.21 bits per heavy atom. The first-order valence-corrected chi connectivity index (χ1v) is 9.80. The lowest BCUT2D eigenvalue weighted by atomic mass is 9.98. The molecule has 1 amide bonds. The Balaban J connectivity index is 1.58. The van der Waals surface area contributed by atoms with Crippen LogP contribution in [0, 0.1) is 0 Å². The Morgan fingerprint density at radius 2 is 2.00 bits per heavy atom. The summed E-state index contributed by atoms with van der Waals surface area (Å²) in [5.74, 6) is 0.954. The molecule has 0 saturated carbocycles. The Morgan fingerprint density at radius 3 is 2.68 bits per heavy atom. The third-order valence-electron chi connectivity index (χ3n) is 4.51. The molecule has 4 rings (SSSR count). The number of aromatic nitrogens is 3. The van der Waals surface area contributed by atoms with E-state index in [0.29, 0.717) is 11.4 Å². The number of thioether (sulfide) groups is 1. The van der Waals surface area contributed by atoms with Crippen molar-refractivity contribution in [1.29, 1.82) is 0 Å². The summed E-state index contributed by atoms with van der Waals surface area (Å²) in [5, 5.41) is 17.2. The molecule has 0 saturated heterocycles. The molecule has 1 atom stereocenters. The lowest BCUT2D eigenvalue weighted by Gasteiger charge is -2.22. The number of rotatable bonds is 6. The van der Waals surface area contributed by atoms with E-state index in [9.17, 15) is 4.79 Å². The van der Waals surface area contributed by atoms with Crippen molar-refractivity contribution >= 4 is 23.4 Å². The SMILES string of the molecule is COc1ccc([C@H]2CC(c3ccccc3)=NN2C(=O)CSc2cn[nH]n2)cc1. The summed E-state index contributed by atoms with van der Waals surface area (Å²) in [7, 11) is 1.64. The van der Waals surface area contributed by atoms with Gasteiger partial charge in [-0.3, -0.25) is 4.79 Å². The first-order chi connectivity index (χ1) is 13.7. The van der Waals surface area contributed by atoms with Crippen LogP contribution in [0.2, 0.25) is 0 Å². The molecule has 1 N–H and O–H groups in total. The van der Waals surface area contributed by atoms with E-state index in [1.54, 1.807) is 18.3 Å². The second-order valence-corrected chi connectivity index (χ2v) is 7.24. The van der Waals surface area contributed by atoms with Crippen molar-refractivity contribution < 1.29 is 9.53 Å². The summed E-state index contributed by atoms with van der Waals surface area (Å²) in [4.78, 5) is 12.9. The molecule has 0 radical (unpaired) electrons. The molecule has 1 aliphatic rings. The number of carbonyl (C=O) groups is 1. The second-order valence-electron chi connectivity index (χ2n) is 6.24. The van der Waals surface area contributed by atoms with Crippen molar-refractivity contribution in [2.24, 2.45) is 5.10 Å². The molecule has 3 aromatic rings. The summed E-state index contributed by atoms with van der Waals surface area (Å²) in [5.41, 5.74) is 2.96. The van der Waals surface area contributed by atoms with Crippen molar-refractivity contribution in [3.63, 3.8) is 0 Å². The van der Waals surface area contributed by atoms with Crippen molar-refractivity contribution in [1.82, 2.24) is 20.4 Å². The normalized spacial score (nSPS) is 16.1. The number of nitrogens with one attached hydrogen (secondary N) is 1. The van der Waals surface area contributed by atoms with Crippen molar-refractivity contribution in [3.05, 3.63) is 71.9 Å². The molecule has 0 unspecified atom stereocenters. The number of nitrogens with zero attached hydrogens (tertiary/aromatic N) is 4. The summed E-state index contributed by atoms with van der Waals surface area (Å²) >= 11 is 1.34. The van der Waals surface area contributed by atoms with Crippen LogP contribution in [0.5, 0.6) is 5.75 Å². The summed E-state index contributed by atoms with van der Waals surface area (Å²) < 4.78 is 5.25. The highest BCUT2D eigenvalue weighted by Crippen LogP contribution is 2.34. The highest BCUT2D eigenvalue weighted by Gasteiger charge is 2.33. The molecule has 1 aromatic heterocycles. The maximum atomic E-state index is 12.9. The minimum Gasteiger partial charge on any atom is -0.497 e. The van der Waals surface area contributed by atoms with Gasteiger partial charge >= 0.3 is 0 Å². The van der Waals surface area contributed by atoms with Crippen LogP contribution in [0.15, 0.2) is 70.9 Å². The lowest BCUT2D eigenvalue weighted by Crippen LogP contribution is -2.28. The van der Waals surface area contributed by atoms with E-state index in [0.717, 1.165) is 22.6 Å². The smallest absolute Gasteiger partial charge is 0.253 e. The molecular weight excluding hydrogens is 374 g/mol. The first-order valence-electron chi connectivity index (χ1n) is 8.82. The van der Waals surface area contributed by atoms with E-state index in [1.807, 2.05) is 54.6 Å². The van der Waals surface area contributed by atoms with Gasteiger partial charge in [0.15, 0.2) is 0 Å². The predicted molar refractivity (Wildman–Crippen MR) is 107 cm³/mol. The number of benzene rings is 2. The molecule has 0 aliphatic carbocycles. The average molecular weight is 393 g/mol. The molecule has 2 heterocycles. The number of carbonyl (C=O) groups excluding carboxylic acids is 1. The van der Waals surface area contributed by atoms with Crippen LogP contribution in [-0.2, 0) is 4.79 Å². The molecule has 0 spiro atoms. The maximum Gasteiger partial charge on any atom is 0.253 e. The zero-order valence-electron chi connectivity index (χ0n) is 15.3. The Bertz CT molecular complexity index is 958. The van der Waals surface area contributed by atoms with Gasteiger partial charge in [-0.25, -0.2) is 5.01 Å². The molecule has 7 nitrogen and oxygen atoms in total. The zero-order chi connectivity index (χ0) is 19.3. The minimum absolute atomic E-state index is 0.0697. The highest BCUT2D eigenvalue weighted by molar-refractivity contribution is 7.99. The van der Waals surface area contributed by atoms with Gasteiger partial charge in [-0.2, -0.15) is 15.4 Å². The number of amides is 1. The molecule has 142 valence electrons. The number of H-pyrrole nitrogens is 1. The van der Waals surface area contributed by atoms with Crippen LogP contribution < -0.4 is 4.74 Å². The van der Waals surface area contributed by atoms with E-state index >= 15 is 0 Å². The topological polar surface area (TPSA) is 83.5 Å². The molecule has 2 aromatic carbocycles. The fourth-order valence-corrected chi connectivity index (χ4v) is 3.73. The summed E-state index contributed by atoms with van der Waals surface area (Å²) in [6.45, 7) is 0. The van der Waals surface area contributed by atoms with Crippen LogP contribution in [0.3, 0.4) is 0 Å². The number of ether oxygens (including phenoxy) is 1. The van der Waals surface area contributed by atoms with Gasteiger partial charge in [0.25, 0.3) is 5.91 Å². The van der Waals surface area contributed by atoms with E-state index in [2.05, 4.69) is 20.5 Å². The van der Waals surface area contributed by atoms with Gasteiger partial charge in [0, 0.05) is 6.42 Å². The highest BCUT2D eigenvalue weighted by atomic mass is 32.2. The van der Waals surface area contributed by atoms with Gasteiger partial charge in [-0.1, -0.05) is 54.2 Å². The molecule has 0 fully saturated rings. The van der Waals surface area contributed by atoms with E-state index in [-0.39, 0.29) is 17.7 Å². The average Bonchev–Trinajstić information content (AvgIpc) is 3.43. The van der Waals surface area contributed by atoms with Gasteiger partial charge in [0.1, 0.15) is 10.8 Å². The minimum atomic E-state index is -0.147. The van der Waals surface area contributed by atoms with Gasteiger partial charge in [-0.15, -0.1) is 5.10 Å². The van der Waals surface area contributed by atoms with E-state index < -0.39 is 0 Å². The van der Waals surface area contributed by atoms with Crippen molar-refractivity contribution in [3.8, 4) is 5.75 Å². The van der Waals surface area contributed by atoms with E-state index in [4.69, 9.17) is 4.74 Å². The first kappa shape index (κ1) is 18.2. The number of hydrogen-bond acceptors (Lipinski definition) is 6. The molecule has 0 bridgehead atoms. The predicted octanol–water partition coefficient (Wildman–Crippen LogP) is 3.28.